The lowest BCUT2D eigenvalue weighted by Crippen LogP contribution is -2.36. The zero-order chi connectivity index (χ0) is 26.1. The van der Waals surface area contributed by atoms with E-state index in [1.54, 1.807) is 39.0 Å². The molecule has 2 fully saturated rings. The minimum atomic E-state index is -0.576. The zero-order valence-electron chi connectivity index (χ0n) is 21.1. The molecule has 0 bridgehead atoms. The van der Waals surface area contributed by atoms with Crippen molar-refractivity contribution in [2.45, 2.75) is 75.9 Å². The van der Waals surface area contributed by atoms with Crippen molar-refractivity contribution < 1.29 is 23.9 Å². The Kier molecular flexibility index (Phi) is 9.86. The third-order valence-corrected chi connectivity index (χ3v) is 7.35. The highest BCUT2D eigenvalue weighted by atomic mass is 32.2. The van der Waals surface area contributed by atoms with Gasteiger partial charge in [-0.15, -0.1) is 0 Å². The van der Waals surface area contributed by atoms with Crippen LogP contribution in [0.1, 0.15) is 62.4 Å². The summed E-state index contributed by atoms with van der Waals surface area (Å²) in [4.78, 5) is 47.8. The van der Waals surface area contributed by atoms with E-state index in [1.807, 2.05) is 17.8 Å². The first-order valence-corrected chi connectivity index (χ1v) is 13.4. The summed E-state index contributed by atoms with van der Waals surface area (Å²) in [5.74, 6) is 0.657. The number of fused-ring (bicyclic) bond motifs is 1. The van der Waals surface area contributed by atoms with E-state index in [0.29, 0.717) is 30.3 Å². The van der Waals surface area contributed by atoms with Crippen molar-refractivity contribution in [1.82, 2.24) is 26.6 Å². The van der Waals surface area contributed by atoms with Crippen molar-refractivity contribution in [2.75, 3.05) is 18.8 Å². The quantitative estimate of drug-likeness (QED) is 0.225. The number of nitrogens with one attached hydrogen (secondary N) is 5. The van der Waals surface area contributed by atoms with Crippen LogP contribution in [0.4, 0.5) is 9.59 Å². The molecule has 10 nitrogen and oxygen atoms in total. The van der Waals surface area contributed by atoms with Crippen LogP contribution >= 0.6 is 11.8 Å². The third kappa shape index (κ3) is 8.92. The Morgan fingerprint density at radius 1 is 1.08 bits per heavy atom. The third-order valence-electron chi connectivity index (χ3n) is 5.84. The van der Waals surface area contributed by atoms with Gasteiger partial charge in [0.15, 0.2) is 0 Å². The second kappa shape index (κ2) is 12.8. The molecule has 0 radical (unpaired) electrons. The molecule has 2 aliphatic heterocycles. The summed E-state index contributed by atoms with van der Waals surface area (Å²) in [5, 5.41) is 14.6. The molecule has 1 aromatic carbocycles. The van der Waals surface area contributed by atoms with Crippen LogP contribution in [0, 0.1) is 0 Å². The molecular formula is C25H37N5O5S. The Labute approximate surface area is 216 Å². The number of carbonyl (C=O) groups is 4. The molecule has 0 aliphatic carbocycles. The molecule has 1 aromatic rings. The highest BCUT2D eigenvalue weighted by Gasteiger charge is 2.42. The Bertz CT molecular complexity index is 951. The molecule has 0 spiro atoms. The lowest BCUT2D eigenvalue weighted by atomic mass is 10.0. The molecule has 198 valence electrons. The van der Waals surface area contributed by atoms with Crippen LogP contribution in [-0.4, -0.2) is 65.7 Å². The number of amides is 5. The highest BCUT2D eigenvalue weighted by molar-refractivity contribution is 8.00. The monoisotopic (exact) mass is 519 g/mol. The lowest BCUT2D eigenvalue weighted by molar-refractivity contribution is -0.121. The van der Waals surface area contributed by atoms with E-state index < -0.39 is 11.7 Å². The molecular weight excluding hydrogens is 482 g/mol. The minimum absolute atomic E-state index is 0.0350. The molecule has 2 heterocycles. The summed E-state index contributed by atoms with van der Waals surface area (Å²) in [6.07, 6.45) is 2.62. The van der Waals surface area contributed by atoms with Crippen LogP contribution in [0.2, 0.25) is 0 Å². The predicted molar refractivity (Wildman–Crippen MR) is 139 cm³/mol. The Balaban J connectivity index is 1.26. The summed E-state index contributed by atoms with van der Waals surface area (Å²) >= 11 is 1.88. The number of alkyl carbamates (subject to hydrolysis) is 1. The largest absolute Gasteiger partial charge is 0.444 e. The minimum Gasteiger partial charge on any atom is -0.444 e. The fraction of sp³-hybridized carbons (Fsp3) is 0.600. The number of ether oxygens (including phenoxy) is 1. The maximum atomic E-state index is 12.4. The van der Waals surface area contributed by atoms with Crippen molar-refractivity contribution in [3.63, 3.8) is 0 Å². The summed E-state index contributed by atoms with van der Waals surface area (Å²) in [5.41, 5.74) is 0.679. The van der Waals surface area contributed by atoms with Crippen molar-refractivity contribution in [3.8, 4) is 0 Å². The van der Waals surface area contributed by atoms with Gasteiger partial charge in [-0.05, 0) is 51.3 Å². The Morgan fingerprint density at radius 3 is 2.64 bits per heavy atom. The number of hydrogen-bond acceptors (Lipinski definition) is 6. The first-order valence-electron chi connectivity index (χ1n) is 12.4. The SMILES string of the molecule is CC(C)(C)OC(=O)NCc1cccc(C(=O)NCCNC(=O)CCCC[C@@H]2SC[C@@H]3NC(=O)N[C@@H]32)c1. The van der Waals surface area contributed by atoms with Crippen molar-refractivity contribution in [1.29, 1.82) is 0 Å². The lowest BCUT2D eigenvalue weighted by Gasteiger charge is -2.19. The molecule has 3 rings (SSSR count). The van der Waals surface area contributed by atoms with Crippen molar-refractivity contribution >= 4 is 35.7 Å². The molecule has 11 heteroatoms. The molecule has 3 atom stereocenters. The second-order valence-electron chi connectivity index (χ2n) is 10.0. The summed E-state index contributed by atoms with van der Waals surface area (Å²) in [7, 11) is 0. The van der Waals surface area contributed by atoms with Crippen LogP contribution in [0.15, 0.2) is 24.3 Å². The fourth-order valence-corrected chi connectivity index (χ4v) is 5.70. The fourth-order valence-electron chi connectivity index (χ4n) is 4.15. The van der Waals surface area contributed by atoms with Gasteiger partial charge in [0.1, 0.15) is 5.60 Å². The van der Waals surface area contributed by atoms with E-state index >= 15 is 0 Å². The molecule has 5 N–H and O–H groups in total. The molecule has 5 amide bonds. The van der Waals surface area contributed by atoms with Crippen LogP contribution in [-0.2, 0) is 16.1 Å². The molecule has 0 unspecified atom stereocenters. The van der Waals surface area contributed by atoms with Gasteiger partial charge in [-0.3, -0.25) is 9.59 Å². The predicted octanol–water partition coefficient (Wildman–Crippen LogP) is 2.28. The van der Waals surface area contributed by atoms with E-state index in [-0.39, 0.29) is 36.5 Å². The molecule has 0 aromatic heterocycles. The van der Waals surface area contributed by atoms with Gasteiger partial charge in [-0.25, -0.2) is 9.59 Å². The van der Waals surface area contributed by atoms with Gasteiger partial charge in [0, 0.05) is 42.6 Å². The van der Waals surface area contributed by atoms with Gasteiger partial charge in [0.25, 0.3) is 5.91 Å². The van der Waals surface area contributed by atoms with Gasteiger partial charge in [-0.1, -0.05) is 18.6 Å². The van der Waals surface area contributed by atoms with Crippen LogP contribution < -0.4 is 26.6 Å². The molecule has 0 saturated carbocycles. The summed E-state index contributed by atoms with van der Waals surface area (Å²) in [6, 6.07) is 7.32. The normalized spacial score (nSPS) is 20.6. The molecule has 2 aliphatic rings. The second-order valence-corrected chi connectivity index (χ2v) is 11.3. The first-order chi connectivity index (χ1) is 17.1. The number of unbranched alkanes of at least 4 members (excludes halogenated alkanes) is 1. The number of rotatable bonds is 11. The Morgan fingerprint density at radius 2 is 1.86 bits per heavy atom. The first kappa shape index (κ1) is 27.6. The average Bonchev–Trinajstić information content (AvgIpc) is 3.36. The van der Waals surface area contributed by atoms with Gasteiger partial charge in [0.05, 0.1) is 12.1 Å². The van der Waals surface area contributed by atoms with Gasteiger partial charge >= 0.3 is 12.1 Å². The van der Waals surface area contributed by atoms with E-state index in [2.05, 4.69) is 26.6 Å². The number of urea groups is 1. The zero-order valence-corrected chi connectivity index (χ0v) is 22.0. The van der Waals surface area contributed by atoms with Gasteiger partial charge in [-0.2, -0.15) is 11.8 Å². The van der Waals surface area contributed by atoms with E-state index in [9.17, 15) is 19.2 Å². The number of benzene rings is 1. The molecule has 36 heavy (non-hydrogen) atoms. The van der Waals surface area contributed by atoms with Crippen molar-refractivity contribution in [2.24, 2.45) is 0 Å². The smallest absolute Gasteiger partial charge is 0.407 e. The van der Waals surface area contributed by atoms with Crippen LogP contribution in [0.3, 0.4) is 0 Å². The van der Waals surface area contributed by atoms with Crippen LogP contribution in [0.5, 0.6) is 0 Å². The number of hydrogen-bond donors (Lipinski definition) is 5. The maximum Gasteiger partial charge on any atom is 0.407 e. The van der Waals surface area contributed by atoms with Gasteiger partial charge < -0.3 is 31.3 Å². The average molecular weight is 520 g/mol. The van der Waals surface area contributed by atoms with Gasteiger partial charge in [0.2, 0.25) is 5.91 Å². The summed E-state index contributed by atoms with van der Waals surface area (Å²) < 4.78 is 5.21. The number of thioether (sulfide) groups is 1. The van der Waals surface area contributed by atoms with Crippen molar-refractivity contribution in [3.05, 3.63) is 35.4 Å². The van der Waals surface area contributed by atoms with E-state index in [4.69, 9.17) is 4.74 Å². The topological polar surface area (TPSA) is 138 Å². The maximum absolute atomic E-state index is 12.4. The molecule has 2 saturated heterocycles. The Hall–Kier alpha value is -2.95. The number of carbonyl (C=O) groups excluding carboxylic acids is 4. The van der Waals surface area contributed by atoms with E-state index in [1.165, 1.54) is 0 Å². The summed E-state index contributed by atoms with van der Waals surface area (Å²) in [6.45, 7) is 6.30. The van der Waals surface area contributed by atoms with E-state index in [0.717, 1.165) is 30.6 Å². The standard InChI is InChI=1S/C25H37N5O5S/c1-25(2,3)35-24(34)28-14-16-7-6-8-17(13-16)22(32)27-12-11-26-20(31)10-5-4-9-19-21-18(15-36-19)29-23(33)30-21/h6-8,13,18-19,21H,4-5,9-12,14-15H2,1-3H3,(H,26,31)(H,27,32)(H,28,34)(H2,29,30,33)/t18-,19-,21-/m0/s1. The van der Waals surface area contributed by atoms with Crippen LogP contribution in [0.25, 0.3) is 0 Å². The highest BCUT2D eigenvalue weighted by Crippen LogP contribution is 2.33.